The molecule has 28 heavy (non-hydrogen) atoms. The molecular formula is C19H37IN4O3S. The van der Waals surface area contributed by atoms with Crippen LogP contribution < -0.4 is 10.0 Å². The molecule has 7 nitrogen and oxygen atoms in total. The van der Waals surface area contributed by atoms with Gasteiger partial charge in [-0.1, -0.05) is 12.8 Å². The van der Waals surface area contributed by atoms with E-state index >= 15 is 0 Å². The molecule has 3 rings (SSSR count). The van der Waals surface area contributed by atoms with Crippen LogP contribution in [0.3, 0.4) is 0 Å². The van der Waals surface area contributed by atoms with Crippen molar-refractivity contribution in [2.45, 2.75) is 64.4 Å². The van der Waals surface area contributed by atoms with Gasteiger partial charge in [-0.2, -0.15) is 0 Å². The van der Waals surface area contributed by atoms with Gasteiger partial charge in [0, 0.05) is 32.8 Å². The van der Waals surface area contributed by atoms with Gasteiger partial charge in [-0.3, -0.25) is 4.99 Å². The monoisotopic (exact) mass is 528 g/mol. The summed E-state index contributed by atoms with van der Waals surface area (Å²) < 4.78 is 32.8. The number of sulfonamides is 1. The molecule has 2 saturated heterocycles. The average Bonchev–Trinajstić information content (AvgIpc) is 3.30. The fraction of sp³-hybridized carbons (Fsp3) is 0.947. The van der Waals surface area contributed by atoms with Crippen molar-refractivity contribution in [1.82, 2.24) is 14.9 Å². The van der Waals surface area contributed by atoms with Gasteiger partial charge in [0.05, 0.1) is 18.4 Å². The molecule has 0 bridgehead atoms. The highest BCUT2D eigenvalue weighted by Crippen LogP contribution is 2.45. The van der Waals surface area contributed by atoms with Gasteiger partial charge in [0.25, 0.3) is 0 Å². The number of hydrogen-bond donors (Lipinski definition) is 2. The van der Waals surface area contributed by atoms with Gasteiger partial charge in [0.15, 0.2) is 5.96 Å². The summed E-state index contributed by atoms with van der Waals surface area (Å²) in [5, 5.41) is 3.34. The van der Waals surface area contributed by atoms with Crippen molar-refractivity contribution in [2.75, 3.05) is 45.1 Å². The molecule has 1 unspecified atom stereocenters. The average molecular weight is 529 g/mol. The molecule has 3 aliphatic rings. The molecule has 0 aromatic rings. The van der Waals surface area contributed by atoms with Crippen molar-refractivity contribution >= 4 is 40.0 Å². The second-order valence-corrected chi connectivity index (χ2v) is 10.2. The lowest BCUT2D eigenvalue weighted by molar-refractivity contribution is 0.0200. The van der Waals surface area contributed by atoms with E-state index in [4.69, 9.17) is 4.74 Å². The van der Waals surface area contributed by atoms with Crippen LogP contribution in [0.1, 0.15) is 58.3 Å². The quantitative estimate of drug-likeness (QED) is 0.301. The molecular weight excluding hydrogens is 491 g/mol. The van der Waals surface area contributed by atoms with Crippen molar-refractivity contribution in [3.05, 3.63) is 0 Å². The number of hydrogen-bond acceptors (Lipinski definition) is 4. The van der Waals surface area contributed by atoms with Gasteiger partial charge >= 0.3 is 0 Å². The molecule has 0 radical (unpaired) electrons. The minimum absolute atomic E-state index is 0. The molecule has 1 aliphatic carbocycles. The third-order valence-corrected chi connectivity index (χ3v) is 7.49. The maximum atomic E-state index is 12.3. The predicted octanol–water partition coefficient (Wildman–Crippen LogP) is 2.32. The van der Waals surface area contributed by atoms with E-state index in [0.717, 1.165) is 51.5 Å². The minimum Gasteiger partial charge on any atom is -0.377 e. The lowest BCUT2D eigenvalue weighted by Gasteiger charge is -2.26. The molecule has 2 N–H and O–H groups in total. The van der Waals surface area contributed by atoms with Crippen molar-refractivity contribution in [2.24, 2.45) is 10.4 Å². The molecule has 2 aliphatic heterocycles. The Balaban J connectivity index is 0.00000280. The number of guanidine groups is 1. The van der Waals surface area contributed by atoms with Gasteiger partial charge < -0.3 is 15.0 Å². The van der Waals surface area contributed by atoms with Gasteiger partial charge in [-0.25, -0.2) is 13.1 Å². The Labute approximate surface area is 187 Å². The topological polar surface area (TPSA) is 83.0 Å². The van der Waals surface area contributed by atoms with E-state index in [1.807, 2.05) is 0 Å². The smallest absolute Gasteiger partial charge is 0.213 e. The van der Waals surface area contributed by atoms with Crippen LogP contribution in [0.4, 0.5) is 0 Å². The van der Waals surface area contributed by atoms with E-state index in [1.54, 1.807) is 0 Å². The second-order valence-electron chi connectivity index (χ2n) is 8.27. The van der Waals surface area contributed by atoms with Crippen LogP contribution in [-0.4, -0.2) is 70.5 Å². The normalized spacial score (nSPS) is 25.1. The lowest BCUT2D eigenvalue weighted by atomic mass is 9.86. The van der Waals surface area contributed by atoms with Crippen LogP contribution >= 0.6 is 24.0 Å². The first-order valence-electron chi connectivity index (χ1n) is 10.6. The Morgan fingerprint density at radius 3 is 2.68 bits per heavy atom. The first-order valence-corrected chi connectivity index (χ1v) is 12.3. The summed E-state index contributed by atoms with van der Waals surface area (Å²) in [5.41, 5.74) is 0.476. The molecule has 0 aromatic carbocycles. The Hall–Kier alpha value is -0.130. The molecule has 1 saturated carbocycles. The van der Waals surface area contributed by atoms with Gasteiger partial charge in [-0.05, 0) is 50.9 Å². The summed E-state index contributed by atoms with van der Waals surface area (Å²) in [6, 6.07) is 0. The van der Waals surface area contributed by atoms with Crippen LogP contribution in [0.15, 0.2) is 4.99 Å². The Kier molecular flexibility index (Phi) is 9.75. The third kappa shape index (κ3) is 6.98. The van der Waals surface area contributed by atoms with E-state index < -0.39 is 10.0 Å². The van der Waals surface area contributed by atoms with Gasteiger partial charge in [0.1, 0.15) is 0 Å². The van der Waals surface area contributed by atoms with Gasteiger partial charge in [0.2, 0.25) is 10.0 Å². The second kappa shape index (κ2) is 11.3. The van der Waals surface area contributed by atoms with E-state index in [0.29, 0.717) is 12.0 Å². The van der Waals surface area contributed by atoms with Crippen LogP contribution in [-0.2, 0) is 14.8 Å². The summed E-state index contributed by atoms with van der Waals surface area (Å²) >= 11 is 0. The Morgan fingerprint density at radius 2 is 2.00 bits per heavy atom. The highest BCUT2D eigenvalue weighted by atomic mass is 127. The number of nitrogens with one attached hydrogen (secondary N) is 2. The summed E-state index contributed by atoms with van der Waals surface area (Å²) in [4.78, 5) is 6.94. The highest BCUT2D eigenvalue weighted by Gasteiger charge is 2.41. The minimum atomic E-state index is -3.32. The highest BCUT2D eigenvalue weighted by molar-refractivity contribution is 14.0. The molecule has 1 atom stereocenters. The summed E-state index contributed by atoms with van der Waals surface area (Å²) in [7, 11) is -3.32. The van der Waals surface area contributed by atoms with Crippen LogP contribution in [0.2, 0.25) is 0 Å². The summed E-state index contributed by atoms with van der Waals surface area (Å²) in [6.07, 6.45) is 9.70. The standard InChI is InChI=1S/C19H36N4O3S.HI/c1-2-20-18(23-12-10-19(16-23)8-4-5-9-19)21-11-14-27(24,25)22-15-17-7-3-6-13-26-17;/h17,22H,2-16H2,1H3,(H,20,21);1H. The maximum absolute atomic E-state index is 12.3. The molecule has 9 heteroatoms. The largest absolute Gasteiger partial charge is 0.377 e. The number of ether oxygens (including phenoxy) is 1. The molecule has 0 aromatic heterocycles. The zero-order chi connectivity index (χ0) is 19.2. The Bertz CT molecular complexity index is 602. The molecule has 0 amide bonds. The van der Waals surface area contributed by atoms with Crippen LogP contribution in [0.5, 0.6) is 0 Å². The lowest BCUT2D eigenvalue weighted by Crippen LogP contribution is -2.41. The number of rotatable bonds is 7. The van der Waals surface area contributed by atoms with Crippen molar-refractivity contribution in [3.63, 3.8) is 0 Å². The maximum Gasteiger partial charge on any atom is 0.213 e. The van der Waals surface area contributed by atoms with Crippen molar-refractivity contribution < 1.29 is 13.2 Å². The van der Waals surface area contributed by atoms with E-state index in [1.165, 1.54) is 32.1 Å². The molecule has 2 heterocycles. The fourth-order valence-corrected chi connectivity index (χ4v) is 5.52. The zero-order valence-corrected chi connectivity index (χ0v) is 20.3. The molecule has 1 spiro atoms. The molecule has 3 fully saturated rings. The first kappa shape index (κ1) is 24.1. The zero-order valence-electron chi connectivity index (χ0n) is 17.1. The molecule has 164 valence electrons. The Morgan fingerprint density at radius 1 is 1.21 bits per heavy atom. The first-order chi connectivity index (χ1) is 13.0. The van der Waals surface area contributed by atoms with E-state index in [-0.39, 0.29) is 42.4 Å². The van der Waals surface area contributed by atoms with Crippen LogP contribution in [0, 0.1) is 5.41 Å². The number of nitrogens with zero attached hydrogens (tertiary/aromatic N) is 2. The van der Waals surface area contributed by atoms with E-state index in [2.05, 4.69) is 26.9 Å². The summed E-state index contributed by atoms with van der Waals surface area (Å²) in [6.45, 7) is 6.33. The van der Waals surface area contributed by atoms with Crippen LogP contribution in [0.25, 0.3) is 0 Å². The van der Waals surface area contributed by atoms with Crippen molar-refractivity contribution in [3.8, 4) is 0 Å². The number of likely N-dealkylation sites (tertiary alicyclic amines) is 1. The third-order valence-electron chi connectivity index (χ3n) is 6.16. The summed E-state index contributed by atoms with van der Waals surface area (Å²) in [5.74, 6) is 0.889. The predicted molar refractivity (Wildman–Crippen MR) is 124 cm³/mol. The van der Waals surface area contributed by atoms with Crippen molar-refractivity contribution in [1.29, 1.82) is 0 Å². The fourth-order valence-electron chi connectivity index (χ4n) is 4.61. The van der Waals surface area contributed by atoms with Gasteiger partial charge in [-0.15, -0.1) is 24.0 Å². The number of halogens is 1. The van der Waals surface area contributed by atoms with E-state index in [9.17, 15) is 8.42 Å². The SMILES string of the molecule is CCNC(=NCCS(=O)(=O)NCC1CCCCO1)N1CCC2(CCCC2)C1.I. The number of aliphatic imine (C=N–C) groups is 1.